The highest BCUT2D eigenvalue weighted by molar-refractivity contribution is 7.98. The molecule has 0 unspecified atom stereocenters. The summed E-state index contributed by atoms with van der Waals surface area (Å²) in [5.41, 5.74) is 1.84. The molecule has 4 aromatic rings. The Bertz CT molecular complexity index is 994. The summed E-state index contributed by atoms with van der Waals surface area (Å²) >= 11 is 9.25. The first-order valence-corrected chi connectivity index (χ1v) is 9.74. The van der Waals surface area contributed by atoms with Gasteiger partial charge in [0.15, 0.2) is 5.16 Å². The molecule has 4 rings (SSSR count). The van der Waals surface area contributed by atoms with E-state index in [1.54, 1.807) is 29.4 Å². The van der Waals surface area contributed by atoms with E-state index in [4.69, 9.17) is 16.0 Å². The van der Waals surface area contributed by atoms with Gasteiger partial charge in [0.1, 0.15) is 12.1 Å². The molecule has 126 valence electrons. The number of thioether (sulfide) groups is 1. The second-order valence-corrected chi connectivity index (χ2v) is 7.58. The molecule has 0 amide bonds. The third kappa shape index (κ3) is 3.49. The monoisotopic (exact) mass is 388 g/mol. The zero-order valence-electron chi connectivity index (χ0n) is 13.2. The summed E-state index contributed by atoms with van der Waals surface area (Å²) in [6, 6.07) is 11.6. The molecule has 0 aliphatic heterocycles. The van der Waals surface area contributed by atoms with Crippen molar-refractivity contribution in [2.45, 2.75) is 17.8 Å². The average molecular weight is 389 g/mol. The third-order valence-electron chi connectivity index (χ3n) is 3.57. The van der Waals surface area contributed by atoms with Gasteiger partial charge in [0.2, 0.25) is 5.89 Å². The number of hydrogen-bond donors (Lipinski definition) is 0. The van der Waals surface area contributed by atoms with E-state index in [1.165, 1.54) is 0 Å². The first-order chi connectivity index (χ1) is 12.2. The van der Waals surface area contributed by atoms with Crippen molar-refractivity contribution in [3.8, 4) is 16.5 Å². The lowest BCUT2D eigenvalue weighted by Gasteiger charge is -2.05. The first kappa shape index (κ1) is 16.4. The molecular weight excluding hydrogens is 376 g/mol. The second-order valence-electron chi connectivity index (χ2n) is 5.25. The fourth-order valence-electron chi connectivity index (χ4n) is 2.33. The van der Waals surface area contributed by atoms with Crippen LogP contribution in [-0.4, -0.2) is 19.7 Å². The van der Waals surface area contributed by atoms with Gasteiger partial charge in [-0.2, -0.15) is 0 Å². The Morgan fingerprint density at radius 3 is 3.00 bits per heavy atom. The normalized spacial score (nSPS) is 11.1. The van der Waals surface area contributed by atoms with Gasteiger partial charge in [-0.25, -0.2) is 4.98 Å². The number of rotatable bonds is 5. The highest BCUT2D eigenvalue weighted by Crippen LogP contribution is 2.29. The van der Waals surface area contributed by atoms with Gasteiger partial charge in [0, 0.05) is 10.8 Å². The lowest BCUT2D eigenvalue weighted by Crippen LogP contribution is -1.95. The number of halogens is 1. The molecule has 0 N–H and O–H groups in total. The summed E-state index contributed by atoms with van der Waals surface area (Å²) in [5, 5.41) is 11.7. The van der Waals surface area contributed by atoms with Crippen LogP contribution in [0.5, 0.6) is 0 Å². The standard InChI is InChI=1S/C17H13ClN4OS2/c1-11-14(20-16(23-11)15-6-3-7-24-15)9-25-17-21-19-10-22(17)13-5-2-4-12(18)8-13/h2-8,10H,9H2,1H3. The SMILES string of the molecule is Cc1oc(-c2cccs2)nc1CSc1nncn1-c1cccc(Cl)c1. The van der Waals surface area contributed by atoms with E-state index in [2.05, 4.69) is 15.2 Å². The quantitative estimate of drug-likeness (QED) is 0.437. The van der Waals surface area contributed by atoms with Crippen molar-refractivity contribution in [2.24, 2.45) is 0 Å². The Balaban J connectivity index is 1.54. The molecule has 0 spiro atoms. The Morgan fingerprint density at radius 1 is 1.28 bits per heavy atom. The van der Waals surface area contributed by atoms with Gasteiger partial charge in [0.05, 0.1) is 16.3 Å². The molecule has 25 heavy (non-hydrogen) atoms. The Kier molecular flexibility index (Phi) is 4.61. The molecule has 3 aromatic heterocycles. The third-order valence-corrected chi connectivity index (χ3v) is 5.61. The molecule has 0 radical (unpaired) electrons. The number of hydrogen-bond acceptors (Lipinski definition) is 6. The van der Waals surface area contributed by atoms with E-state index in [9.17, 15) is 0 Å². The van der Waals surface area contributed by atoms with E-state index in [-0.39, 0.29) is 0 Å². The molecule has 1 aromatic carbocycles. The van der Waals surface area contributed by atoms with Crippen LogP contribution in [-0.2, 0) is 5.75 Å². The maximum absolute atomic E-state index is 6.08. The smallest absolute Gasteiger partial charge is 0.236 e. The van der Waals surface area contributed by atoms with Crippen LogP contribution in [0, 0.1) is 6.92 Å². The number of oxazole rings is 1. The molecule has 0 saturated carbocycles. The van der Waals surface area contributed by atoms with Gasteiger partial charge in [-0.15, -0.1) is 21.5 Å². The molecule has 0 fully saturated rings. The topological polar surface area (TPSA) is 56.7 Å². The van der Waals surface area contributed by atoms with Crippen LogP contribution in [0.15, 0.2) is 57.7 Å². The van der Waals surface area contributed by atoms with Crippen molar-refractivity contribution >= 4 is 34.7 Å². The zero-order valence-corrected chi connectivity index (χ0v) is 15.6. The summed E-state index contributed by atoms with van der Waals surface area (Å²) < 4.78 is 7.69. The Hall–Kier alpha value is -2.09. The van der Waals surface area contributed by atoms with Crippen molar-refractivity contribution in [1.82, 2.24) is 19.7 Å². The van der Waals surface area contributed by atoms with Crippen molar-refractivity contribution in [1.29, 1.82) is 0 Å². The predicted molar refractivity (Wildman–Crippen MR) is 100 cm³/mol. The van der Waals surface area contributed by atoms with Crippen molar-refractivity contribution in [3.63, 3.8) is 0 Å². The lowest BCUT2D eigenvalue weighted by atomic mass is 10.3. The molecule has 0 atom stereocenters. The second kappa shape index (κ2) is 7.03. The maximum atomic E-state index is 6.08. The zero-order chi connectivity index (χ0) is 17.2. The summed E-state index contributed by atoms with van der Waals surface area (Å²) in [7, 11) is 0. The molecular formula is C17H13ClN4OS2. The Labute approximate surface area is 157 Å². The van der Waals surface area contributed by atoms with Crippen molar-refractivity contribution in [2.75, 3.05) is 0 Å². The van der Waals surface area contributed by atoms with E-state index in [0.29, 0.717) is 16.7 Å². The molecule has 8 heteroatoms. The fraction of sp³-hybridized carbons (Fsp3) is 0.118. The largest absolute Gasteiger partial charge is 0.440 e. The molecule has 5 nitrogen and oxygen atoms in total. The Morgan fingerprint density at radius 2 is 2.20 bits per heavy atom. The summed E-state index contributed by atoms with van der Waals surface area (Å²) in [6.07, 6.45) is 1.68. The average Bonchev–Trinajstić information content (AvgIpc) is 3.34. The first-order valence-electron chi connectivity index (χ1n) is 7.49. The molecule has 3 heterocycles. The van der Waals surface area contributed by atoms with Crippen LogP contribution in [0.1, 0.15) is 11.5 Å². The molecule has 0 saturated heterocycles. The molecule has 0 bridgehead atoms. The van der Waals surface area contributed by atoms with Gasteiger partial charge in [-0.3, -0.25) is 4.57 Å². The van der Waals surface area contributed by atoms with Gasteiger partial charge in [0.25, 0.3) is 0 Å². The van der Waals surface area contributed by atoms with Crippen LogP contribution in [0.4, 0.5) is 0 Å². The minimum Gasteiger partial charge on any atom is -0.440 e. The van der Waals surface area contributed by atoms with Gasteiger partial charge < -0.3 is 4.42 Å². The minimum atomic E-state index is 0.653. The summed E-state index contributed by atoms with van der Waals surface area (Å²) in [4.78, 5) is 5.64. The maximum Gasteiger partial charge on any atom is 0.236 e. The number of aromatic nitrogens is 4. The van der Waals surface area contributed by atoms with Gasteiger partial charge in [-0.05, 0) is 36.6 Å². The predicted octanol–water partition coefficient (Wildman–Crippen LogP) is 5.24. The van der Waals surface area contributed by atoms with Crippen LogP contribution in [0.2, 0.25) is 5.02 Å². The van der Waals surface area contributed by atoms with Crippen molar-refractivity contribution < 1.29 is 4.42 Å². The number of nitrogens with zero attached hydrogens (tertiary/aromatic N) is 4. The van der Waals surface area contributed by atoms with Gasteiger partial charge in [-0.1, -0.05) is 35.5 Å². The van der Waals surface area contributed by atoms with E-state index < -0.39 is 0 Å². The highest BCUT2D eigenvalue weighted by atomic mass is 35.5. The van der Waals surface area contributed by atoms with E-state index >= 15 is 0 Å². The van der Waals surface area contributed by atoms with Crippen molar-refractivity contribution in [3.05, 3.63) is 64.6 Å². The molecule has 0 aliphatic rings. The van der Waals surface area contributed by atoms with Crippen LogP contribution < -0.4 is 0 Å². The fourth-order valence-corrected chi connectivity index (χ4v) is 4.09. The van der Waals surface area contributed by atoms with Crippen LogP contribution >= 0.6 is 34.7 Å². The number of benzene rings is 1. The van der Waals surface area contributed by atoms with E-state index in [1.807, 2.05) is 53.3 Å². The summed E-state index contributed by atoms with van der Waals surface area (Å²) in [6.45, 7) is 1.93. The van der Waals surface area contributed by atoms with E-state index in [0.717, 1.165) is 27.2 Å². The van der Waals surface area contributed by atoms with Crippen LogP contribution in [0.25, 0.3) is 16.5 Å². The molecule has 0 aliphatic carbocycles. The number of aryl methyl sites for hydroxylation is 1. The van der Waals surface area contributed by atoms with Gasteiger partial charge >= 0.3 is 0 Å². The lowest BCUT2D eigenvalue weighted by molar-refractivity contribution is 0.542. The minimum absolute atomic E-state index is 0.653. The summed E-state index contributed by atoms with van der Waals surface area (Å²) in [5.74, 6) is 2.14. The highest BCUT2D eigenvalue weighted by Gasteiger charge is 2.14. The van der Waals surface area contributed by atoms with Crippen LogP contribution in [0.3, 0.4) is 0 Å². The number of thiophene rings is 1.